The molecule has 0 unspecified atom stereocenters. The average Bonchev–Trinajstić information content (AvgIpc) is 2.11. The van der Waals surface area contributed by atoms with E-state index in [0.29, 0.717) is 13.0 Å². The first-order chi connectivity index (χ1) is 6.19. The van der Waals surface area contributed by atoms with Crippen molar-refractivity contribution in [2.75, 3.05) is 20.1 Å². The van der Waals surface area contributed by atoms with E-state index in [4.69, 9.17) is 0 Å². The number of likely N-dealkylation sites (N-methyl/N-ethyl adjacent to an activating group) is 1. The van der Waals surface area contributed by atoms with Gasteiger partial charge in [-0.1, -0.05) is 6.08 Å². The average molecular weight is 180 g/mol. The summed E-state index contributed by atoms with van der Waals surface area (Å²) in [4.78, 5) is 17.4. The zero-order chi connectivity index (χ0) is 9.84. The first-order valence-corrected chi connectivity index (χ1v) is 4.61. The number of piperidine rings is 1. The van der Waals surface area contributed by atoms with E-state index in [0.717, 1.165) is 12.3 Å². The molecule has 0 aromatic heterocycles. The Balaban J connectivity index is 2.85. The van der Waals surface area contributed by atoms with Crippen LogP contribution >= 0.6 is 0 Å². The van der Waals surface area contributed by atoms with E-state index in [9.17, 15) is 4.79 Å². The molecule has 3 heteroatoms. The molecule has 0 saturated carbocycles. The highest BCUT2D eigenvalue weighted by atomic mass is 16.2. The van der Waals surface area contributed by atoms with E-state index in [2.05, 4.69) is 4.99 Å². The Morgan fingerprint density at radius 3 is 2.85 bits per heavy atom. The molecule has 1 saturated heterocycles. The van der Waals surface area contributed by atoms with E-state index >= 15 is 0 Å². The topological polar surface area (TPSA) is 32.7 Å². The van der Waals surface area contributed by atoms with Crippen molar-refractivity contribution in [2.45, 2.75) is 20.3 Å². The fraction of sp³-hybridized carbons (Fsp3) is 0.600. The van der Waals surface area contributed by atoms with Gasteiger partial charge in [-0.2, -0.15) is 0 Å². The first-order valence-electron chi connectivity index (χ1n) is 4.61. The lowest BCUT2D eigenvalue weighted by Crippen LogP contribution is -2.37. The van der Waals surface area contributed by atoms with Gasteiger partial charge in [0.15, 0.2) is 0 Å². The van der Waals surface area contributed by atoms with Crippen LogP contribution in [0.25, 0.3) is 0 Å². The number of rotatable bonds is 1. The number of aliphatic imine (C=N–C) groups is 1. The van der Waals surface area contributed by atoms with Crippen molar-refractivity contribution in [2.24, 2.45) is 4.99 Å². The van der Waals surface area contributed by atoms with Crippen LogP contribution in [0.15, 0.2) is 16.6 Å². The fourth-order valence-electron chi connectivity index (χ4n) is 1.43. The summed E-state index contributed by atoms with van der Waals surface area (Å²) in [6.07, 6.45) is 2.50. The largest absolute Gasteiger partial charge is 0.341 e. The van der Waals surface area contributed by atoms with E-state index in [1.54, 1.807) is 4.90 Å². The molecule has 0 N–H and O–H groups in total. The van der Waals surface area contributed by atoms with Gasteiger partial charge in [0.25, 0.3) is 0 Å². The second kappa shape index (κ2) is 4.21. The number of allylic oxidation sites excluding steroid dienone is 1. The molecule has 1 heterocycles. The summed E-state index contributed by atoms with van der Waals surface area (Å²) in [5, 5.41) is 0. The summed E-state index contributed by atoms with van der Waals surface area (Å²) < 4.78 is 0. The Kier molecular flexibility index (Phi) is 3.23. The SMILES string of the molecule is C/C=C1/CN(C)C(=O)CC1=NCC. The third kappa shape index (κ3) is 2.17. The van der Waals surface area contributed by atoms with E-state index in [-0.39, 0.29) is 5.91 Å². The lowest BCUT2D eigenvalue weighted by Gasteiger charge is -2.25. The zero-order valence-corrected chi connectivity index (χ0v) is 8.50. The molecule has 1 aliphatic heterocycles. The van der Waals surface area contributed by atoms with Crippen LogP contribution in [0.2, 0.25) is 0 Å². The van der Waals surface area contributed by atoms with Crippen molar-refractivity contribution >= 4 is 11.6 Å². The molecule has 1 amide bonds. The summed E-state index contributed by atoms with van der Waals surface area (Å²) in [6.45, 7) is 5.44. The minimum absolute atomic E-state index is 0.165. The first kappa shape index (κ1) is 9.96. The van der Waals surface area contributed by atoms with Gasteiger partial charge in [-0.05, 0) is 19.4 Å². The van der Waals surface area contributed by atoms with Crippen molar-refractivity contribution < 1.29 is 4.79 Å². The maximum atomic E-state index is 11.4. The van der Waals surface area contributed by atoms with E-state index < -0.39 is 0 Å². The number of carbonyl (C=O) groups excluding carboxylic acids is 1. The van der Waals surface area contributed by atoms with Crippen molar-refractivity contribution in [1.29, 1.82) is 0 Å². The van der Waals surface area contributed by atoms with Gasteiger partial charge >= 0.3 is 0 Å². The smallest absolute Gasteiger partial charge is 0.228 e. The van der Waals surface area contributed by atoms with E-state index in [1.807, 2.05) is 27.0 Å². The van der Waals surface area contributed by atoms with Crippen LogP contribution in [-0.2, 0) is 4.79 Å². The molecule has 0 bridgehead atoms. The summed E-state index contributed by atoms with van der Waals surface area (Å²) in [5.74, 6) is 0.165. The van der Waals surface area contributed by atoms with Crippen LogP contribution in [0, 0.1) is 0 Å². The van der Waals surface area contributed by atoms with Gasteiger partial charge in [-0.15, -0.1) is 0 Å². The minimum Gasteiger partial charge on any atom is -0.341 e. The van der Waals surface area contributed by atoms with Crippen molar-refractivity contribution in [3.8, 4) is 0 Å². The highest BCUT2D eigenvalue weighted by molar-refractivity contribution is 6.12. The molecule has 3 nitrogen and oxygen atoms in total. The summed E-state index contributed by atoms with van der Waals surface area (Å²) in [5.41, 5.74) is 2.15. The normalized spacial score (nSPS) is 24.5. The Morgan fingerprint density at radius 1 is 1.62 bits per heavy atom. The Labute approximate surface area is 79.1 Å². The predicted molar refractivity (Wildman–Crippen MR) is 54.0 cm³/mol. The molecular weight excluding hydrogens is 164 g/mol. The summed E-state index contributed by atoms with van der Waals surface area (Å²) in [6, 6.07) is 0. The minimum atomic E-state index is 0.165. The molecule has 13 heavy (non-hydrogen) atoms. The number of nitrogens with zero attached hydrogens (tertiary/aromatic N) is 2. The van der Waals surface area contributed by atoms with Gasteiger partial charge in [-0.25, -0.2) is 0 Å². The monoisotopic (exact) mass is 180 g/mol. The number of hydrogen-bond donors (Lipinski definition) is 0. The van der Waals surface area contributed by atoms with Crippen molar-refractivity contribution in [1.82, 2.24) is 4.90 Å². The Bertz CT molecular complexity index is 266. The van der Waals surface area contributed by atoms with Crippen LogP contribution in [0.1, 0.15) is 20.3 Å². The second-order valence-corrected chi connectivity index (χ2v) is 3.16. The van der Waals surface area contributed by atoms with Crippen LogP contribution in [0.4, 0.5) is 0 Å². The molecule has 1 rings (SSSR count). The van der Waals surface area contributed by atoms with Gasteiger partial charge < -0.3 is 4.90 Å². The van der Waals surface area contributed by atoms with Gasteiger partial charge in [0.2, 0.25) is 5.91 Å². The molecule has 0 radical (unpaired) electrons. The van der Waals surface area contributed by atoms with Gasteiger partial charge in [0, 0.05) is 25.8 Å². The molecule has 0 aromatic rings. The second-order valence-electron chi connectivity index (χ2n) is 3.16. The lowest BCUT2D eigenvalue weighted by molar-refractivity contribution is -0.128. The zero-order valence-electron chi connectivity index (χ0n) is 8.50. The molecule has 0 aliphatic carbocycles. The third-order valence-electron chi connectivity index (χ3n) is 2.22. The highest BCUT2D eigenvalue weighted by Crippen LogP contribution is 2.13. The molecule has 1 fully saturated rings. The lowest BCUT2D eigenvalue weighted by atomic mass is 10.0. The predicted octanol–water partition coefficient (Wildman–Crippen LogP) is 1.26. The Morgan fingerprint density at radius 2 is 2.31 bits per heavy atom. The van der Waals surface area contributed by atoms with Crippen LogP contribution in [-0.4, -0.2) is 36.7 Å². The molecule has 1 aliphatic rings. The summed E-state index contributed by atoms with van der Waals surface area (Å²) >= 11 is 0. The van der Waals surface area contributed by atoms with Crippen LogP contribution in [0.5, 0.6) is 0 Å². The summed E-state index contributed by atoms with van der Waals surface area (Å²) in [7, 11) is 1.83. The molecule has 0 spiro atoms. The maximum Gasteiger partial charge on any atom is 0.228 e. The van der Waals surface area contributed by atoms with Crippen molar-refractivity contribution in [3.63, 3.8) is 0 Å². The molecule has 0 atom stereocenters. The number of carbonyl (C=O) groups is 1. The van der Waals surface area contributed by atoms with E-state index in [1.165, 1.54) is 5.57 Å². The molecule has 72 valence electrons. The third-order valence-corrected chi connectivity index (χ3v) is 2.22. The number of likely N-dealkylation sites (tertiary alicyclic amines) is 1. The van der Waals surface area contributed by atoms with Gasteiger partial charge in [-0.3, -0.25) is 9.79 Å². The van der Waals surface area contributed by atoms with Crippen molar-refractivity contribution in [3.05, 3.63) is 11.6 Å². The Hall–Kier alpha value is -1.12. The van der Waals surface area contributed by atoms with Gasteiger partial charge in [0.05, 0.1) is 6.42 Å². The number of hydrogen-bond acceptors (Lipinski definition) is 2. The maximum absolute atomic E-state index is 11.4. The number of amides is 1. The van der Waals surface area contributed by atoms with Crippen LogP contribution < -0.4 is 0 Å². The van der Waals surface area contributed by atoms with Crippen LogP contribution in [0.3, 0.4) is 0 Å². The standard InChI is InChI=1S/C10H16N2O/c1-4-8-7-12(3)10(13)6-9(8)11-5-2/h4H,5-7H2,1-3H3/b8-4-,11-9?. The fourth-order valence-corrected chi connectivity index (χ4v) is 1.43. The molecular formula is C10H16N2O. The van der Waals surface area contributed by atoms with Gasteiger partial charge in [0.1, 0.15) is 0 Å². The molecule has 0 aromatic carbocycles. The quantitative estimate of drug-likeness (QED) is 0.598. The highest BCUT2D eigenvalue weighted by Gasteiger charge is 2.22.